The fourth-order valence-electron chi connectivity index (χ4n) is 2.30. The number of rotatable bonds is 3. The highest BCUT2D eigenvalue weighted by Gasteiger charge is 2.35. The van der Waals surface area contributed by atoms with Crippen LogP contribution in [-0.2, 0) is 14.8 Å². The molecular weight excluding hydrogens is 283 g/mol. The minimum absolute atomic E-state index is 0.128. The molecule has 112 valence electrons. The van der Waals surface area contributed by atoms with E-state index in [9.17, 15) is 12.8 Å². The van der Waals surface area contributed by atoms with Crippen LogP contribution < -0.4 is 5.73 Å². The van der Waals surface area contributed by atoms with E-state index >= 15 is 0 Å². The zero-order chi connectivity index (χ0) is 14.9. The minimum atomic E-state index is -3.67. The summed E-state index contributed by atoms with van der Waals surface area (Å²) in [7, 11) is -3.67. The van der Waals surface area contributed by atoms with Gasteiger partial charge in [0.1, 0.15) is 5.82 Å². The molecule has 0 bridgehead atoms. The van der Waals surface area contributed by atoms with Crippen molar-refractivity contribution in [3.8, 4) is 0 Å². The first-order valence-corrected chi connectivity index (χ1v) is 7.90. The molecule has 0 aromatic heterocycles. The van der Waals surface area contributed by atoms with Gasteiger partial charge in [0.25, 0.3) is 0 Å². The summed E-state index contributed by atoms with van der Waals surface area (Å²) in [5.41, 5.74) is 5.94. The zero-order valence-corrected chi connectivity index (χ0v) is 12.4. The first-order valence-electron chi connectivity index (χ1n) is 6.46. The third-order valence-corrected chi connectivity index (χ3v) is 5.58. The average Bonchev–Trinajstić information content (AvgIpc) is 2.38. The van der Waals surface area contributed by atoms with E-state index in [0.29, 0.717) is 12.2 Å². The summed E-state index contributed by atoms with van der Waals surface area (Å²) >= 11 is 0. The maximum absolute atomic E-state index is 13.1. The van der Waals surface area contributed by atoms with E-state index in [0.717, 1.165) is 6.07 Å². The van der Waals surface area contributed by atoms with Crippen LogP contribution in [0.5, 0.6) is 0 Å². The second-order valence-electron chi connectivity index (χ2n) is 5.02. The second kappa shape index (κ2) is 5.77. The van der Waals surface area contributed by atoms with E-state index in [1.807, 2.05) is 0 Å². The van der Waals surface area contributed by atoms with Gasteiger partial charge < -0.3 is 10.5 Å². The molecule has 2 unspecified atom stereocenters. The molecule has 1 aromatic carbocycles. The summed E-state index contributed by atoms with van der Waals surface area (Å²) in [6.45, 7) is 4.16. The highest BCUT2D eigenvalue weighted by atomic mass is 32.2. The second-order valence-corrected chi connectivity index (χ2v) is 6.88. The van der Waals surface area contributed by atoms with Crippen molar-refractivity contribution in [1.82, 2.24) is 4.31 Å². The zero-order valence-electron chi connectivity index (χ0n) is 11.5. The number of hydrogen-bond acceptors (Lipinski definition) is 4. The van der Waals surface area contributed by atoms with Crippen LogP contribution in [0.2, 0.25) is 0 Å². The van der Waals surface area contributed by atoms with Gasteiger partial charge in [0, 0.05) is 19.1 Å². The summed E-state index contributed by atoms with van der Waals surface area (Å²) in [6.07, 6.45) is -0.304. The lowest BCUT2D eigenvalue weighted by Gasteiger charge is -2.36. The van der Waals surface area contributed by atoms with Gasteiger partial charge in [-0.3, -0.25) is 0 Å². The van der Waals surface area contributed by atoms with Crippen molar-refractivity contribution >= 4 is 10.0 Å². The average molecular weight is 302 g/mol. The Kier molecular flexibility index (Phi) is 4.43. The SMILES string of the molecule is Cc1cc(F)ccc1S(=O)(=O)N1CC(CN)OCC1C. The molecule has 0 radical (unpaired) electrons. The number of nitrogens with zero attached hydrogens (tertiary/aromatic N) is 1. The van der Waals surface area contributed by atoms with E-state index in [1.165, 1.54) is 16.4 Å². The predicted molar refractivity (Wildman–Crippen MR) is 73.3 cm³/mol. The number of morpholine rings is 1. The largest absolute Gasteiger partial charge is 0.374 e. The molecule has 1 fully saturated rings. The molecule has 0 saturated carbocycles. The standard InChI is InChI=1S/C13H19FN2O3S/c1-9-5-11(14)3-4-13(9)20(17,18)16-7-12(6-15)19-8-10(16)2/h3-5,10,12H,6-8,15H2,1-2H3. The van der Waals surface area contributed by atoms with Crippen LogP contribution in [-0.4, -0.2) is 44.6 Å². The monoisotopic (exact) mass is 302 g/mol. The quantitative estimate of drug-likeness (QED) is 0.899. The van der Waals surface area contributed by atoms with Crippen LogP contribution >= 0.6 is 0 Å². The summed E-state index contributed by atoms with van der Waals surface area (Å²) in [4.78, 5) is 0.128. The van der Waals surface area contributed by atoms with Crippen LogP contribution in [0.15, 0.2) is 23.1 Å². The fraction of sp³-hybridized carbons (Fsp3) is 0.538. The highest BCUT2D eigenvalue weighted by molar-refractivity contribution is 7.89. The molecule has 20 heavy (non-hydrogen) atoms. The molecule has 2 N–H and O–H groups in total. The molecular formula is C13H19FN2O3S. The van der Waals surface area contributed by atoms with Crippen molar-refractivity contribution in [2.45, 2.75) is 30.9 Å². The van der Waals surface area contributed by atoms with Crippen LogP contribution in [0.3, 0.4) is 0 Å². The molecule has 0 aliphatic carbocycles. The van der Waals surface area contributed by atoms with E-state index in [2.05, 4.69) is 0 Å². The predicted octanol–water partition coefficient (Wildman–Crippen LogP) is 0.871. The number of halogens is 1. The Morgan fingerprint density at radius 2 is 2.20 bits per heavy atom. The van der Waals surface area contributed by atoms with Gasteiger partial charge in [-0.15, -0.1) is 0 Å². The molecule has 1 aliphatic heterocycles. The Hall–Kier alpha value is -1.02. The van der Waals surface area contributed by atoms with Gasteiger partial charge >= 0.3 is 0 Å². The third kappa shape index (κ3) is 2.85. The molecule has 1 aromatic rings. The molecule has 1 heterocycles. The Morgan fingerprint density at radius 3 is 2.80 bits per heavy atom. The number of ether oxygens (including phenoxy) is 1. The Morgan fingerprint density at radius 1 is 1.50 bits per heavy atom. The topological polar surface area (TPSA) is 72.6 Å². The summed E-state index contributed by atoms with van der Waals surface area (Å²) in [5.74, 6) is -0.448. The number of hydrogen-bond donors (Lipinski definition) is 1. The lowest BCUT2D eigenvalue weighted by molar-refractivity contribution is -0.0219. The lowest BCUT2D eigenvalue weighted by atomic mass is 10.2. The smallest absolute Gasteiger partial charge is 0.243 e. The van der Waals surface area contributed by atoms with Crippen LogP contribution in [0, 0.1) is 12.7 Å². The van der Waals surface area contributed by atoms with E-state index < -0.39 is 15.8 Å². The number of nitrogens with two attached hydrogens (primary N) is 1. The number of benzene rings is 1. The molecule has 7 heteroatoms. The normalized spacial score (nSPS) is 24.8. The number of sulfonamides is 1. The van der Waals surface area contributed by atoms with Gasteiger partial charge in [-0.05, 0) is 37.6 Å². The lowest BCUT2D eigenvalue weighted by Crippen LogP contribution is -2.52. The Labute approximate surface area is 118 Å². The molecule has 2 atom stereocenters. The first-order chi connectivity index (χ1) is 9.36. The maximum atomic E-state index is 13.1. The summed E-state index contributed by atoms with van der Waals surface area (Å²) in [5, 5.41) is 0. The van der Waals surface area contributed by atoms with Crippen molar-refractivity contribution in [3.05, 3.63) is 29.6 Å². The van der Waals surface area contributed by atoms with Gasteiger partial charge in [-0.2, -0.15) is 4.31 Å². The van der Waals surface area contributed by atoms with E-state index in [4.69, 9.17) is 10.5 Å². The Balaban J connectivity index is 2.38. The molecule has 5 nitrogen and oxygen atoms in total. The van der Waals surface area contributed by atoms with Crippen molar-refractivity contribution in [1.29, 1.82) is 0 Å². The summed E-state index contributed by atoms with van der Waals surface area (Å²) in [6, 6.07) is 3.41. The van der Waals surface area contributed by atoms with Crippen LogP contribution in [0.1, 0.15) is 12.5 Å². The van der Waals surface area contributed by atoms with Gasteiger partial charge in [-0.25, -0.2) is 12.8 Å². The molecule has 1 saturated heterocycles. The van der Waals surface area contributed by atoms with Crippen molar-refractivity contribution in [2.75, 3.05) is 19.7 Å². The van der Waals surface area contributed by atoms with Crippen LogP contribution in [0.4, 0.5) is 4.39 Å². The highest BCUT2D eigenvalue weighted by Crippen LogP contribution is 2.25. The molecule has 0 spiro atoms. The first kappa shape index (κ1) is 15.4. The third-order valence-electron chi connectivity index (χ3n) is 3.43. The van der Waals surface area contributed by atoms with Gasteiger partial charge in [-0.1, -0.05) is 0 Å². The Bertz CT molecular complexity index is 591. The minimum Gasteiger partial charge on any atom is -0.374 e. The van der Waals surface area contributed by atoms with Gasteiger partial charge in [0.05, 0.1) is 17.6 Å². The molecule has 0 amide bonds. The molecule has 2 rings (SSSR count). The molecule has 1 aliphatic rings. The van der Waals surface area contributed by atoms with Gasteiger partial charge in [0.15, 0.2) is 0 Å². The van der Waals surface area contributed by atoms with Crippen molar-refractivity contribution in [2.24, 2.45) is 5.73 Å². The van der Waals surface area contributed by atoms with E-state index in [1.54, 1.807) is 13.8 Å². The van der Waals surface area contributed by atoms with Crippen molar-refractivity contribution < 1.29 is 17.5 Å². The summed E-state index contributed by atoms with van der Waals surface area (Å²) < 4.78 is 45.4. The maximum Gasteiger partial charge on any atom is 0.243 e. The van der Waals surface area contributed by atoms with Crippen LogP contribution in [0.25, 0.3) is 0 Å². The fourth-order valence-corrected chi connectivity index (χ4v) is 4.15. The number of aryl methyl sites for hydroxylation is 1. The van der Waals surface area contributed by atoms with Gasteiger partial charge in [0.2, 0.25) is 10.0 Å². The van der Waals surface area contributed by atoms with Crippen molar-refractivity contribution in [3.63, 3.8) is 0 Å². The van der Waals surface area contributed by atoms with E-state index in [-0.39, 0.29) is 30.1 Å².